The van der Waals surface area contributed by atoms with Crippen LogP contribution in [-0.2, 0) is 9.59 Å². The summed E-state index contributed by atoms with van der Waals surface area (Å²) >= 11 is 0. The van der Waals surface area contributed by atoms with E-state index < -0.39 is 0 Å². The van der Waals surface area contributed by atoms with E-state index in [1.54, 1.807) is 0 Å². The molecule has 1 atom stereocenters. The fraction of sp³-hybridized carbons (Fsp3) is 0.833. The molecular weight excluding hydrogens is 204 g/mol. The molecule has 2 fully saturated rings. The van der Waals surface area contributed by atoms with Gasteiger partial charge in [-0.05, 0) is 19.3 Å². The molecule has 2 rings (SSSR count). The van der Waals surface area contributed by atoms with Gasteiger partial charge in [0.05, 0.1) is 0 Å². The van der Waals surface area contributed by atoms with Gasteiger partial charge in [-0.2, -0.15) is 0 Å². The molecule has 1 unspecified atom stereocenters. The summed E-state index contributed by atoms with van der Waals surface area (Å²) < 4.78 is 0. The number of nitrogens with one attached hydrogen (secondary N) is 1. The second kappa shape index (κ2) is 4.85. The average molecular weight is 224 g/mol. The van der Waals surface area contributed by atoms with Gasteiger partial charge in [-0.15, -0.1) is 0 Å². The maximum Gasteiger partial charge on any atom is 0.225 e. The van der Waals surface area contributed by atoms with Crippen LogP contribution >= 0.6 is 0 Å². The van der Waals surface area contributed by atoms with E-state index in [0.717, 1.165) is 25.8 Å². The Morgan fingerprint density at radius 3 is 2.50 bits per heavy atom. The van der Waals surface area contributed by atoms with E-state index in [1.807, 2.05) is 4.90 Å². The molecule has 4 nitrogen and oxygen atoms in total. The standard InChI is InChI=1S/C12H20N2O2/c1-9(15)13-11-6-7-14(8-11)12(16)10-4-2-3-5-10/h10-11H,2-8H2,1H3,(H,13,15). The summed E-state index contributed by atoms with van der Waals surface area (Å²) in [7, 11) is 0. The molecule has 1 aliphatic carbocycles. The predicted octanol–water partition coefficient (Wildman–Crippen LogP) is 0.914. The van der Waals surface area contributed by atoms with Gasteiger partial charge < -0.3 is 10.2 Å². The van der Waals surface area contributed by atoms with Crippen molar-refractivity contribution in [1.29, 1.82) is 0 Å². The van der Waals surface area contributed by atoms with Crippen molar-refractivity contribution in [3.8, 4) is 0 Å². The zero-order valence-electron chi connectivity index (χ0n) is 9.87. The lowest BCUT2D eigenvalue weighted by molar-refractivity contribution is -0.134. The Hall–Kier alpha value is -1.06. The van der Waals surface area contributed by atoms with Crippen molar-refractivity contribution < 1.29 is 9.59 Å². The number of hydrogen-bond acceptors (Lipinski definition) is 2. The summed E-state index contributed by atoms with van der Waals surface area (Å²) in [6.07, 6.45) is 5.40. The second-order valence-corrected chi connectivity index (χ2v) is 4.95. The Labute approximate surface area is 96.4 Å². The molecule has 0 spiro atoms. The van der Waals surface area contributed by atoms with Gasteiger partial charge >= 0.3 is 0 Å². The van der Waals surface area contributed by atoms with Crippen molar-refractivity contribution in [2.24, 2.45) is 5.92 Å². The Morgan fingerprint density at radius 1 is 1.19 bits per heavy atom. The van der Waals surface area contributed by atoms with E-state index in [4.69, 9.17) is 0 Å². The van der Waals surface area contributed by atoms with Crippen molar-refractivity contribution >= 4 is 11.8 Å². The van der Waals surface area contributed by atoms with Gasteiger partial charge in [0, 0.05) is 32.0 Å². The van der Waals surface area contributed by atoms with E-state index in [1.165, 1.54) is 19.8 Å². The Bertz CT molecular complexity index is 285. The lowest BCUT2D eigenvalue weighted by atomic mass is 10.1. The summed E-state index contributed by atoms with van der Waals surface area (Å²) in [4.78, 5) is 24.9. The Balaban J connectivity index is 1.83. The van der Waals surface area contributed by atoms with Gasteiger partial charge in [-0.1, -0.05) is 12.8 Å². The maximum absolute atomic E-state index is 12.1. The van der Waals surface area contributed by atoms with Gasteiger partial charge in [0.15, 0.2) is 0 Å². The smallest absolute Gasteiger partial charge is 0.225 e. The SMILES string of the molecule is CC(=O)NC1CCN(C(=O)C2CCCC2)C1. The molecule has 1 saturated carbocycles. The molecule has 0 radical (unpaired) electrons. The third-order valence-corrected chi connectivity index (χ3v) is 3.61. The number of carbonyl (C=O) groups excluding carboxylic acids is 2. The summed E-state index contributed by atoms with van der Waals surface area (Å²) in [5.41, 5.74) is 0. The maximum atomic E-state index is 12.1. The van der Waals surface area contributed by atoms with Gasteiger partial charge in [-0.25, -0.2) is 0 Å². The topological polar surface area (TPSA) is 49.4 Å². The number of carbonyl (C=O) groups is 2. The van der Waals surface area contributed by atoms with E-state index in [-0.39, 0.29) is 17.9 Å². The fourth-order valence-corrected chi connectivity index (χ4v) is 2.80. The summed E-state index contributed by atoms with van der Waals surface area (Å²) in [5.74, 6) is 0.571. The summed E-state index contributed by atoms with van der Waals surface area (Å²) in [5, 5.41) is 2.88. The molecule has 1 aliphatic heterocycles. The van der Waals surface area contributed by atoms with Crippen LogP contribution in [0.2, 0.25) is 0 Å². The Kier molecular flexibility index (Phi) is 3.46. The molecule has 0 aromatic carbocycles. The normalized spacial score (nSPS) is 26.1. The average Bonchev–Trinajstić information content (AvgIpc) is 2.84. The van der Waals surface area contributed by atoms with Gasteiger partial charge in [-0.3, -0.25) is 9.59 Å². The highest BCUT2D eigenvalue weighted by atomic mass is 16.2. The second-order valence-electron chi connectivity index (χ2n) is 4.95. The predicted molar refractivity (Wildman–Crippen MR) is 60.8 cm³/mol. The molecular formula is C12H20N2O2. The molecule has 2 aliphatic rings. The van der Waals surface area contributed by atoms with Crippen molar-refractivity contribution in [2.45, 2.75) is 45.1 Å². The van der Waals surface area contributed by atoms with Gasteiger partial charge in [0.25, 0.3) is 0 Å². The van der Waals surface area contributed by atoms with Crippen LogP contribution in [0.3, 0.4) is 0 Å². The highest BCUT2D eigenvalue weighted by Gasteiger charge is 2.32. The first-order valence-electron chi connectivity index (χ1n) is 6.22. The molecule has 16 heavy (non-hydrogen) atoms. The largest absolute Gasteiger partial charge is 0.352 e. The molecule has 4 heteroatoms. The molecule has 90 valence electrons. The first-order valence-corrected chi connectivity index (χ1v) is 6.22. The number of nitrogens with zero attached hydrogens (tertiary/aromatic N) is 1. The van der Waals surface area contributed by atoms with Crippen LogP contribution in [-0.4, -0.2) is 35.8 Å². The lowest BCUT2D eigenvalue weighted by Gasteiger charge is -2.20. The highest BCUT2D eigenvalue weighted by Crippen LogP contribution is 2.27. The lowest BCUT2D eigenvalue weighted by Crippen LogP contribution is -2.39. The van der Waals surface area contributed by atoms with Gasteiger partial charge in [0.2, 0.25) is 11.8 Å². The van der Waals surface area contributed by atoms with Crippen molar-refractivity contribution in [2.75, 3.05) is 13.1 Å². The van der Waals surface area contributed by atoms with Crippen LogP contribution < -0.4 is 5.32 Å². The number of hydrogen-bond donors (Lipinski definition) is 1. The van der Waals surface area contributed by atoms with Crippen LogP contribution in [0.15, 0.2) is 0 Å². The third kappa shape index (κ3) is 2.54. The monoisotopic (exact) mass is 224 g/mol. The van der Waals surface area contributed by atoms with Crippen molar-refractivity contribution in [1.82, 2.24) is 10.2 Å². The van der Waals surface area contributed by atoms with Gasteiger partial charge in [0.1, 0.15) is 0 Å². The van der Waals surface area contributed by atoms with Crippen molar-refractivity contribution in [3.63, 3.8) is 0 Å². The van der Waals surface area contributed by atoms with Crippen LogP contribution in [0, 0.1) is 5.92 Å². The Morgan fingerprint density at radius 2 is 1.88 bits per heavy atom. The number of amides is 2. The first-order chi connectivity index (χ1) is 7.66. The molecule has 1 N–H and O–H groups in total. The molecule has 1 heterocycles. The van der Waals surface area contributed by atoms with Crippen molar-refractivity contribution in [3.05, 3.63) is 0 Å². The first kappa shape index (κ1) is 11.4. The zero-order valence-corrected chi connectivity index (χ0v) is 9.87. The van der Waals surface area contributed by atoms with E-state index in [0.29, 0.717) is 12.5 Å². The van der Waals surface area contributed by atoms with Crippen LogP contribution in [0.4, 0.5) is 0 Å². The quantitative estimate of drug-likeness (QED) is 0.758. The van der Waals surface area contributed by atoms with Crippen LogP contribution in [0.1, 0.15) is 39.0 Å². The molecule has 0 aromatic heterocycles. The minimum Gasteiger partial charge on any atom is -0.352 e. The molecule has 0 bridgehead atoms. The number of rotatable bonds is 2. The minimum absolute atomic E-state index is 0.000153. The molecule has 1 saturated heterocycles. The summed E-state index contributed by atoms with van der Waals surface area (Å²) in [6.45, 7) is 3.04. The molecule has 0 aromatic rings. The van der Waals surface area contributed by atoms with E-state index in [2.05, 4.69) is 5.32 Å². The fourth-order valence-electron chi connectivity index (χ4n) is 2.80. The summed E-state index contributed by atoms with van der Waals surface area (Å²) in [6, 6.07) is 0.169. The third-order valence-electron chi connectivity index (χ3n) is 3.61. The van der Waals surface area contributed by atoms with Crippen LogP contribution in [0.25, 0.3) is 0 Å². The van der Waals surface area contributed by atoms with Crippen LogP contribution in [0.5, 0.6) is 0 Å². The minimum atomic E-state index is 0.000153. The zero-order chi connectivity index (χ0) is 11.5. The molecule has 2 amide bonds. The highest BCUT2D eigenvalue weighted by molar-refractivity contribution is 5.79. The number of likely N-dealkylation sites (tertiary alicyclic amines) is 1. The van der Waals surface area contributed by atoms with E-state index in [9.17, 15) is 9.59 Å². The van der Waals surface area contributed by atoms with E-state index >= 15 is 0 Å².